The predicted octanol–water partition coefficient (Wildman–Crippen LogP) is 3.96. The molecule has 0 radical (unpaired) electrons. The lowest BCUT2D eigenvalue weighted by Gasteiger charge is -2.37. The number of alkyl halides is 1. The summed E-state index contributed by atoms with van der Waals surface area (Å²) >= 11 is 3.31. The van der Waals surface area contributed by atoms with E-state index in [-0.39, 0.29) is 16.0 Å². The molecule has 1 aromatic heterocycles. The zero-order valence-corrected chi connectivity index (χ0v) is 20.1. The molecule has 0 bridgehead atoms. The topological polar surface area (TPSA) is 98.7 Å². The van der Waals surface area contributed by atoms with Gasteiger partial charge in [-0.25, -0.2) is 14.5 Å². The van der Waals surface area contributed by atoms with Crippen molar-refractivity contribution in [2.45, 2.75) is 42.1 Å². The number of carbonyl (C=O) groups is 2. The number of anilines is 1. The molecule has 3 atom stereocenters. The number of rotatable bonds is 7. The summed E-state index contributed by atoms with van der Waals surface area (Å²) in [6.45, 7) is 4.38. The summed E-state index contributed by atoms with van der Waals surface area (Å²) in [5.74, 6) is -0.0420. The molecule has 2 amide bonds. The van der Waals surface area contributed by atoms with E-state index in [1.54, 1.807) is 19.2 Å². The van der Waals surface area contributed by atoms with Crippen LogP contribution in [0.1, 0.15) is 47.4 Å². The van der Waals surface area contributed by atoms with Crippen LogP contribution in [0.3, 0.4) is 0 Å². The molecule has 1 aromatic carbocycles. The summed E-state index contributed by atoms with van der Waals surface area (Å²) in [5.41, 5.74) is 1.45. The number of carbonyl (C=O) groups excluding carboxylic acids is 2. The van der Waals surface area contributed by atoms with Crippen LogP contribution in [-0.4, -0.2) is 57.2 Å². The van der Waals surface area contributed by atoms with Crippen LogP contribution in [0.4, 0.5) is 9.93 Å². The lowest BCUT2D eigenvalue weighted by atomic mass is 10.1. The average molecular weight is 515 g/mol. The van der Waals surface area contributed by atoms with E-state index < -0.39 is 23.4 Å². The predicted molar refractivity (Wildman–Crippen MR) is 120 cm³/mol. The van der Waals surface area contributed by atoms with Crippen molar-refractivity contribution in [3.63, 3.8) is 0 Å². The molecule has 0 aliphatic carbocycles. The molecule has 1 fully saturated rings. The second-order valence-corrected chi connectivity index (χ2v) is 10.9. The SMILES string of the molecule is CCC[S+]([O-])c1nnc(N2C(=O)N(C)CCC2OC(=O)c2ccc(C(C)Br)cc2)s1. The van der Waals surface area contributed by atoms with Crippen molar-refractivity contribution in [2.75, 3.05) is 24.2 Å². The van der Waals surface area contributed by atoms with Gasteiger partial charge in [0.05, 0.1) is 5.56 Å². The minimum absolute atomic E-state index is 0.175. The minimum atomic E-state index is -1.26. The number of urea groups is 1. The number of hydrogen-bond donors (Lipinski definition) is 0. The fourth-order valence-electron chi connectivity index (χ4n) is 2.89. The Labute approximate surface area is 190 Å². The Kier molecular flexibility index (Phi) is 7.72. The van der Waals surface area contributed by atoms with Crippen LogP contribution in [0, 0.1) is 0 Å². The quantitative estimate of drug-likeness (QED) is 0.240. The van der Waals surface area contributed by atoms with Gasteiger partial charge >= 0.3 is 16.3 Å². The van der Waals surface area contributed by atoms with E-state index >= 15 is 0 Å². The summed E-state index contributed by atoms with van der Waals surface area (Å²) in [5, 5.41) is 8.30. The van der Waals surface area contributed by atoms with E-state index in [0.717, 1.165) is 23.3 Å². The molecule has 0 saturated carbocycles. The van der Waals surface area contributed by atoms with E-state index in [4.69, 9.17) is 4.74 Å². The average Bonchev–Trinajstić information content (AvgIpc) is 3.21. The molecule has 8 nitrogen and oxygen atoms in total. The number of ether oxygens (including phenoxy) is 1. The smallest absolute Gasteiger partial charge is 0.340 e. The van der Waals surface area contributed by atoms with Gasteiger partial charge in [-0.05, 0) is 42.4 Å². The monoisotopic (exact) mass is 514 g/mol. The first-order chi connectivity index (χ1) is 14.3. The zero-order valence-electron chi connectivity index (χ0n) is 16.9. The molecule has 3 unspecified atom stereocenters. The Morgan fingerprint density at radius 2 is 2.10 bits per heavy atom. The van der Waals surface area contributed by atoms with Gasteiger partial charge in [0.25, 0.3) is 0 Å². The first-order valence-corrected chi connectivity index (χ1v) is 12.6. The molecule has 0 spiro atoms. The van der Waals surface area contributed by atoms with Crippen LogP contribution in [0.5, 0.6) is 0 Å². The van der Waals surface area contributed by atoms with E-state index in [9.17, 15) is 14.1 Å². The summed E-state index contributed by atoms with van der Waals surface area (Å²) in [6.07, 6.45) is 0.369. The van der Waals surface area contributed by atoms with Crippen molar-refractivity contribution in [2.24, 2.45) is 0 Å². The standard InChI is InChI=1S/C19H23BrN4O4S2/c1-4-11-30(27)18-22-21-17(29-18)24-15(9-10-23(3)19(24)26)28-16(25)14-7-5-13(6-8-14)12(2)20/h5-8,12,15H,4,9-11H2,1-3H3. The van der Waals surface area contributed by atoms with E-state index in [2.05, 4.69) is 26.1 Å². The van der Waals surface area contributed by atoms with Crippen molar-refractivity contribution in [1.29, 1.82) is 0 Å². The highest BCUT2D eigenvalue weighted by molar-refractivity contribution is 9.09. The minimum Gasteiger partial charge on any atom is -0.610 e. The van der Waals surface area contributed by atoms with Gasteiger partial charge in [0.15, 0.2) is 6.23 Å². The second-order valence-electron chi connectivity index (χ2n) is 6.86. The first kappa shape index (κ1) is 23.0. The Hall–Kier alpha value is -1.69. The lowest BCUT2D eigenvalue weighted by molar-refractivity contribution is 0.0229. The molecule has 162 valence electrons. The van der Waals surface area contributed by atoms with Crippen LogP contribution < -0.4 is 4.90 Å². The van der Waals surface area contributed by atoms with Crippen LogP contribution in [0.15, 0.2) is 28.6 Å². The highest BCUT2D eigenvalue weighted by atomic mass is 79.9. The molecule has 3 rings (SSSR count). The molecule has 1 aliphatic rings. The fraction of sp³-hybridized carbons (Fsp3) is 0.474. The highest BCUT2D eigenvalue weighted by Gasteiger charge is 2.38. The Balaban J connectivity index is 1.80. The van der Waals surface area contributed by atoms with Gasteiger partial charge in [0, 0.05) is 36.0 Å². The maximum absolute atomic E-state index is 12.8. The number of hydrogen-bond acceptors (Lipinski definition) is 7. The van der Waals surface area contributed by atoms with Crippen molar-refractivity contribution in [1.82, 2.24) is 15.1 Å². The van der Waals surface area contributed by atoms with Gasteiger partial charge in [0.2, 0.25) is 5.13 Å². The van der Waals surface area contributed by atoms with E-state index in [1.807, 2.05) is 26.0 Å². The van der Waals surface area contributed by atoms with Gasteiger partial charge in [-0.2, -0.15) is 0 Å². The molecule has 30 heavy (non-hydrogen) atoms. The zero-order chi connectivity index (χ0) is 21.8. The summed E-state index contributed by atoms with van der Waals surface area (Å²) in [4.78, 5) is 28.5. The first-order valence-electron chi connectivity index (χ1n) is 9.53. The summed E-state index contributed by atoms with van der Waals surface area (Å²) in [7, 11) is 1.67. The van der Waals surface area contributed by atoms with Crippen molar-refractivity contribution in [3.05, 3.63) is 35.4 Å². The third-order valence-corrected chi connectivity index (χ3v) is 7.87. The molecule has 0 N–H and O–H groups in total. The van der Waals surface area contributed by atoms with E-state index in [0.29, 0.717) is 28.6 Å². The second kappa shape index (κ2) is 10.1. The number of esters is 1. The third kappa shape index (κ3) is 5.13. The molecule has 11 heteroatoms. The van der Waals surface area contributed by atoms with Crippen LogP contribution >= 0.6 is 27.3 Å². The number of nitrogens with zero attached hydrogens (tertiary/aromatic N) is 4. The van der Waals surface area contributed by atoms with Crippen molar-refractivity contribution < 1.29 is 18.9 Å². The number of aromatic nitrogens is 2. The van der Waals surface area contributed by atoms with Gasteiger partial charge in [0.1, 0.15) is 5.75 Å². The number of amides is 2. The maximum atomic E-state index is 12.8. The largest absolute Gasteiger partial charge is 0.610 e. The van der Waals surface area contributed by atoms with Gasteiger partial charge in [-0.3, -0.25) is 0 Å². The highest BCUT2D eigenvalue weighted by Crippen LogP contribution is 2.31. The number of benzene rings is 1. The van der Waals surface area contributed by atoms with Crippen LogP contribution in [0.2, 0.25) is 0 Å². The van der Waals surface area contributed by atoms with Crippen molar-refractivity contribution >= 4 is 55.6 Å². The normalized spacial score (nSPS) is 19.0. The van der Waals surface area contributed by atoms with Gasteiger partial charge in [-0.15, -0.1) is 5.10 Å². The maximum Gasteiger partial charge on any atom is 0.340 e. The van der Waals surface area contributed by atoms with E-state index in [1.165, 1.54) is 9.80 Å². The van der Waals surface area contributed by atoms with Gasteiger partial charge in [-0.1, -0.05) is 40.1 Å². The molecule has 1 aliphatic heterocycles. The number of halogens is 1. The molecule has 1 saturated heterocycles. The molecular weight excluding hydrogens is 492 g/mol. The fourth-order valence-corrected chi connectivity index (χ4v) is 5.33. The molecule has 2 aromatic rings. The lowest BCUT2D eigenvalue weighted by Crippen LogP contribution is -2.54. The Morgan fingerprint density at radius 3 is 2.73 bits per heavy atom. The van der Waals surface area contributed by atoms with Crippen LogP contribution in [0.25, 0.3) is 0 Å². The molecular formula is C19H23BrN4O4S2. The summed E-state index contributed by atoms with van der Waals surface area (Å²) < 4.78 is 18.3. The summed E-state index contributed by atoms with van der Waals surface area (Å²) in [6, 6.07) is 6.77. The van der Waals surface area contributed by atoms with Crippen molar-refractivity contribution in [3.8, 4) is 0 Å². The molecule has 2 heterocycles. The Bertz CT molecular complexity index is 893. The van der Waals surface area contributed by atoms with Crippen LogP contribution in [-0.2, 0) is 15.9 Å². The third-order valence-electron chi connectivity index (χ3n) is 4.57. The Morgan fingerprint density at radius 1 is 1.40 bits per heavy atom. The van der Waals surface area contributed by atoms with Gasteiger partial charge < -0.3 is 14.2 Å².